The predicted molar refractivity (Wildman–Crippen MR) is 95.4 cm³/mol. The van der Waals surface area contributed by atoms with E-state index in [1.54, 1.807) is 4.68 Å². The number of nitrogens with one attached hydrogen (secondary N) is 1. The molecule has 0 aliphatic rings. The number of nitrogens with zero attached hydrogens (tertiary/aromatic N) is 5. The van der Waals surface area contributed by atoms with Crippen molar-refractivity contribution in [2.75, 3.05) is 12.4 Å². The molecule has 0 unspecified atom stereocenters. The molecular weight excluding hydrogens is 300 g/mol. The van der Waals surface area contributed by atoms with E-state index in [4.69, 9.17) is 5.10 Å². The van der Waals surface area contributed by atoms with Gasteiger partial charge in [0.15, 0.2) is 5.65 Å². The highest BCUT2D eigenvalue weighted by molar-refractivity contribution is 5.81. The molecule has 24 heavy (non-hydrogen) atoms. The Labute approximate surface area is 139 Å². The zero-order valence-electron chi connectivity index (χ0n) is 13.9. The first kappa shape index (κ1) is 14.4. The van der Waals surface area contributed by atoms with E-state index in [-0.39, 0.29) is 0 Å². The Balaban J connectivity index is 1.90. The van der Waals surface area contributed by atoms with Gasteiger partial charge in [0.25, 0.3) is 0 Å². The molecule has 3 heterocycles. The van der Waals surface area contributed by atoms with E-state index in [0.29, 0.717) is 0 Å². The number of anilines is 1. The maximum Gasteiger partial charge on any atom is 0.157 e. The average Bonchev–Trinajstić information content (AvgIpc) is 3.15. The average molecular weight is 318 g/mol. The van der Waals surface area contributed by atoms with Crippen molar-refractivity contribution >= 4 is 16.9 Å². The van der Waals surface area contributed by atoms with Crippen molar-refractivity contribution < 1.29 is 0 Å². The molecule has 0 aliphatic heterocycles. The van der Waals surface area contributed by atoms with Crippen molar-refractivity contribution in [2.45, 2.75) is 6.92 Å². The Morgan fingerprint density at radius 3 is 2.62 bits per heavy atom. The summed E-state index contributed by atoms with van der Waals surface area (Å²) in [5.74, 6) is 0.975. The highest BCUT2D eigenvalue weighted by Crippen LogP contribution is 2.30. The second-order valence-corrected chi connectivity index (χ2v) is 5.72. The van der Waals surface area contributed by atoms with Crippen LogP contribution in [0.1, 0.15) is 5.56 Å². The van der Waals surface area contributed by atoms with Crippen molar-refractivity contribution in [1.82, 2.24) is 24.5 Å². The molecule has 4 rings (SSSR count). The van der Waals surface area contributed by atoms with E-state index in [1.807, 2.05) is 61.5 Å². The minimum absolute atomic E-state index is 0.868. The van der Waals surface area contributed by atoms with E-state index < -0.39 is 0 Å². The van der Waals surface area contributed by atoms with Crippen molar-refractivity contribution in [1.29, 1.82) is 0 Å². The standard InChI is InChI=1S/C18H18N6/c1-12-16(13-9-14-11-21-23(3)18(14)20-10-13)22-24(17(12)19-2)15-7-5-4-6-8-15/h4-11,19H,1-3H3. The molecule has 4 aromatic rings. The minimum atomic E-state index is 0.868. The number of fused-ring (bicyclic) bond motifs is 1. The van der Waals surface area contributed by atoms with Gasteiger partial charge < -0.3 is 5.32 Å². The molecule has 1 aromatic carbocycles. The minimum Gasteiger partial charge on any atom is -0.373 e. The molecule has 0 amide bonds. The van der Waals surface area contributed by atoms with Crippen LogP contribution in [-0.2, 0) is 7.05 Å². The summed E-state index contributed by atoms with van der Waals surface area (Å²) in [6, 6.07) is 12.2. The number of rotatable bonds is 3. The fourth-order valence-corrected chi connectivity index (χ4v) is 2.99. The summed E-state index contributed by atoms with van der Waals surface area (Å²) in [7, 11) is 3.80. The van der Waals surface area contributed by atoms with Crippen molar-refractivity contribution in [2.24, 2.45) is 7.05 Å². The number of para-hydroxylation sites is 1. The lowest BCUT2D eigenvalue weighted by molar-refractivity contribution is 0.786. The van der Waals surface area contributed by atoms with E-state index in [1.165, 1.54) is 0 Å². The van der Waals surface area contributed by atoms with Crippen LogP contribution in [0.5, 0.6) is 0 Å². The first-order valence-electron chi connectivity index (χ1n) is 7.80. The van der Waals surface area contributed by atoms with Gasteiger partial charge in [-0.25, -0.2) is 9.67 Å². The maximum absolute atomic E-state index is 4.82. The lowest BCUT2D eigenvalue weighted by atomic mass is 10.1. The van der Waals surface area contributed by atoms with Crippen LogP contribution >= 0.6 is 0 Å². The predicted octanol–water partition coefficient (Wildman–Crippen LogP) is 3.17. The monoisotopic (exact) mass is 318 g/mol. The molecule has 0 saturated carbocycles. The van der Waals surface area contributed by atoms with Crippen molar-refractivity contribution in [3.63, 3.8) is 0 Å². The van der Waals surface area contributed by atoms with Crippen molar-refractivity contribution in [3.8, 4) is 16.9 Å². The normalized spacial score (nSPS) is 11.1. The SMILES string of the molecule is CNc1c(C)c(-c2cnc3c(cnn3C)c2)nn1-c1ccccc1. The van der Waals surface area contributed by atoms with Gasteiger partial charge in [-0.3, -0.25) is 4.68 Å². The Bertz CT molecular complexity index is 1010. The fraction of sp³-hybridized carbons (Fsp3) is 0.167. The summed E-state index contributed by atoms with van der Waals surface area (Å²) < 4.78 is 3.70. The second kappa shape index (κ2) is 5.49. The highest BCUT2D eigenvalue weighted by Gasteiger charge is 2.17. The second-order valence-electron chi connectivity index (χ2n) is 5.72. The van der Waals surface area contributed by atoms with Crippen LogP contribution < -0.4 is 5.32 Å². The lowest BCUT2D eigenvalue weighted by Crippen LogP contribution is -2.02. The smallest absolute Gasteiger partial charge is 0.157 e. The summed E-state index contributed by atoms with van der Waals surface area (Å²) in [5.41, 5.74) is 4.88. The third kappa shape index (κ3) is 2.15. The molecule has 3 aromatic heterocycles. The molecular formula is C18H18N6. The quantitative estimate of drug-likeness (QED) is 0.630. The molecule has 0 radical (unpaired) electrons. The molecule has 120 valence electrons. The molecule has 0 bridgehead atoms. The van der Waals surface area contributed by atoms with E-state index in [2.05, 4.69) is 28.4 Å². The topological polar surface area (TPSA) is 60.6 Å². The summed E-state index contributed by atoms with van der Waals surface area (Å²) in [5, 5.41) is 13.3. The van der Waals surface area contributed by atoms with Gasteiger partial charge in [-0.05, 0) is 25.1 Å². The number of hydrogen-bond donors (Lipinski definition) is 1. The highest BCUT2D eigenvalue weighted by atomic mass is 15.3. The number of aromatic nitrogens is 5. The molecule has 0 atom stereocenters. The molecule has 0 aliphatic carbocycles. The van der Waals surface area contributed by atoms with Crippen LogP contribution in [0.2, 0.25) is 0 Å². The van der Waals surface area contributed by atoms with Crippen LogP contribution in [-0.4, -0.2) is 31.6 Å². The van der Waals surface area contributed by atoms with Crippen LogP contribution in [0.15, 0.2) is 48.8 Å². The summed E-state index contributed by atoms with van der Waals surface area (Å²) in [4.78, 5) is 4.53. The molecule has 1 N–H and O–H groups in total. The molecule has 6 nitrogen and oxygen atoms in total. The summed E-state index contributed by atoms with van der Waals surface area (Å²) >= 11 is 0. The van der Waals surface area contributed by atoms with Crippen LogP contribution in [0.4, 0.5) is 5.82 Å². The Hall–Kier alpha value is -3.15. The third-order valence-electron chi connectivity index (χ3n) is 4.20. The van der Waals surface area contributed by atoms with Crippen molar-refractivity contribution in [3.05, 3.63) is 54.4 Å². The first-order chi connectivity index (χ1) is 11.7. The van der Waals surface area contributed by atoms with Gasteiger partial charge in [0.05, 0.1) is 17.6 Å². The summed E-state index contributed by atoms with van der Waals surface area (Å²) in [6.45, 7) is 2.07. The van der Waals surface area contributed by atoms with Gasteiger partial charge in [0.1, 0.15) is 5.82 Å². The Morgan fingerprint density at radius 2 is 1.88 bits per heavy atom. The van der Waals surface area contributed by atoms with Gasteiger partial charge in [0.2, 0.25) is 0 Å². The molecule has 0 saturated heterocycles. The Kier molecular flexibility index (Phi) is 3.30. The van der Waals surface area contributed by atoms with Gasteiger partial charge in [-0.2, -0.15) is 10.2 Å². The molecule has 0 fully saturated rings. The number of benzene rings is 1. The van der Waals surface area contributed by atoms with E-state index >= 15 is 0 Å². The van der Waals surface area contributed by atoms with Gasteiger partial charge in [-0.1, -0.05) is 18.2 Å². The number of pyridine rings is 1. The molecule has 6 heteroatoms. The number of aryl methyl sites for hydroxylation is 1. The van der Waals surface area contributed by atoms with Gasteiger partial charge >= 0.3 is 0 Å². The zero-order valence-corrected chi connectivity index (χ0v) is 13.9. The third-order valence-corrected chi connectivity index (χ3v) is 4.20. The van der Waals surface area contributed by atoms with Crippen LogP contribution in [0, 0.1) is 6.92 Å². The zero-order chi connectivity index (χ0) is 16.7. The van der Waals surface area contributed by atoms with E-state index in [0.717, 1.165) is 39.4 Å². The molecule has 0 spiro atoms. The Morgan fingerprint density at radius 1 is 1.08 bits per heavy atom. The van der Waals surface area contributed by atoms with Crippen LogP contribution in [0.3, 0.4) is 0 Å². The summed E-state index contributed by atoms with van der Waals surface area (Å²) in [6.07, 6.45) is 3.68. The largest absolute Gasteiger partial charge is 0.373 e. The van der Waals surface area contributed by atoms with E-state index in [9.17, 15) is 0 Å². The number of hydrogen-bond acceptors (Lipinski definition) is 4. The lowest BCUT2D eigenvalue weighted by Gasteiger charge is -2.06. The van der Waals surface area contributed by atoms with Gasteiger partial charge in [0, 0.05) is 36.8 Å². The van der Waals surface area contributed by atoms with Gasteiger partial charge in [-0.15, -0.1) is 0 Å². The maximum atomic E-state index is 4.82. The fourth-order valence-electron chi connectivity index (χ4n) is 2.99. The first-order valence-corrected chi connectivity index (χ1v) is 7.80. The van der Waals surface area contributed by atoms with Crippen LogP contribution in [0.25, 0.3) is 28.0 Å².